The third-order valence-corrected chi connectivity index (χ3v) is 7.28. The van der Waals surface area contributed by atoms with Gasteiger partial charge in [-0.05, 0) is 58.3 Å². The number of benzene rings is 2. The molecule has 0 N–H and O–H groups in total. The zero-order valence-electron chi connectivity index (χ0n) is 15.6. The van der Waals surface area contributed by atoms with Crippen LogP contribution in [0.4, 0.5) is 0 Å². The van der Waals surface area contributed by atoms with Gasteiger partial charge in [-0.2, -0.15) is 0 Å². The Morgan fingerprint density at radius 2 is 1.00 bits per heavy atom. The van der Waals surface area contributed by atoms with Crippen molar-refractivity contribution in [3.05, 3.63) is 58.7 Å². The van der Waals surface area contributed by atoms with Crippen LogP contribution in [0.5, 0.6) is 0 Å². The minimum atomic E-state index is -0.267. The van der Waals surface area contributed by atoms with E-state index in [1.54, 1.807) is 10.6 Å². The third kappa shape index (κ3) is 4.92. The van der Waals surface area contributed by atoms with E-state index in [0.717, 1.165) is 5.92 Å². The van der Waals surface area contributed by atoms with Crippen LogP contribution < -0.4 is 10.6 Å². The predicted octanol–water partition coefficient (Wildman–Crippen LogP) is 5.79. The molecule has 0 atom stereocenters. The molecule has 0 radical (unpaired) electrons. The van der Waals surface area contributed by atoms with Crippen LogP contribution in [0.1, 0.15) is 48.9 Å². The molecular formula is C22H31P. The zero-order chi connectivity index (χ0) is 17.0. The molecule has 0 aliphatic rings. The van der Waals surface area contributed by atoms with Gasteiger partial charge in [0, 0.05) is 0 Å². The Morgan fingerprint density at radius 3 is 1.30 bits per heavy atom. The molecule has 0 saturated carbocycles. The van der Waals surface area contributed by atoms with Gasteiger partial charge in [-0.15, -0.1) is 0 Å². The fourth-order valence-electron chi connectivity index (χ4n) is 3.38. The van der Waals surface area contributed by atoms with E-state index in [-0.39, 0.29) is 7.92 Å². The summed E-state index contributed by atoms with van der Waals surface area (Å²) in [5.41, 5.74) is 5.56. The van der Waals surface area contributed by atoms with Crippen molar-refractivity contribution < 1.29 is 0 Å². The molecule has 1 heteroatoms. The molecule has 0 amide bonds. The lowest BCUT2D eigenvalue weighted by Crippen LogP contribution is -2.19. The van der Waals surface area contributed by atoms with Gasteiger partial charge in [-0.3, -0.25) is 0 Å². The summed E-state index contributed by atoms with van der Waals surface area (Å²) >= 11 is 0. The highest BCUT2D eigenvalue weighted by Crippen LogP contribution is 2.38. The molecule has 0 saturated heterocycles. The van der Waals surface area contributed by atoms with Crippen molar-refractivity contribution >= 4 is 18.5 Å². The summed E-state index contributed by atoms with van der Waals surface area (Å²) in [6.45, 7) is 13.6. The molecule has 2 rings (SSSR count). The molecule has 2 aromatic carbocycles. The molecule has 0 aliphatic heterocycles. The zero-order valence-corrected chi connectivity index (χ0v) is 16.5. The first-order valence-corrected chi connectivity index (χ1v) is 10.4. The second kappa shape index (κ2) is 8.11. The molecular weight excluding hydrogens is 295 g/mol. The number of hydrogen-bond donors (Lipinski definition) is 0. The van der Waals surface area contributed by atoms with Crippen molar-refractivity contribution in [1.82, 2.24) is 0 Å². The summed E-state index contributed by atoms with van der Waals surface area (Å²) in [5, 5.41) is 3.10. The lowest BCUT2D eigenvalue weighted by atomic mass is 10.1. The second-order valence-electron chi connectivity index (χ2n) is 6.98. The Balaban J connectivity index is 2.50. The van der Waals surface area contributed by atoms with Gasteiger partial charge in [0.05, 0.1) is 0 Å². The van der Waals surface area contributed by atoms with Gasteiger partial charge in [-0.25, -0.2) is 0 Å². The Kier molecular flexibility index (Phi) is 6.42. The fraction of sp³-hybridized carbons (Fsp3) is 0.455. The maximum absolute atomic E-state index is 2.42. The first-order chi connectivity index (χ1) is 10.9. The topological polar surface area (TPSA) is 0 Å². The van der Waals surface area contributed by atoms with E-state index >= 15 is 0 Å². The van der Waals surface area contributed by atoms with E-state index in [0.29, 0.717) is 0 Å². The van der Waals surface area contributed by atoms with Gasteiger partial charge in [0.1, 0.15) is 0 Å². The molecule has 0 heterocycles. The van der Waals surface area contributed by atoms with E-state index in [1.165, 1.54) is 41.3 Å². The predicted molar refractivity (Wildman–Crippen MR) is 107 cm³/mol. The van der Waals surface area contributed by atoms with Gasteiger partial charge >= 0.3 is 0 Å². The van der Waals surface area contributed by atoms with Crippen molar-refractivity contribution in [2.45, 2.75) is 54.4 Å². The number of rotatable bonds is 6. The van der Waals surface area contributed by atoms with Crippen molar-refractivity contribution in [1.29, 1.82) is 0 Å². The van der Waals surface area contributed by atoms with E-state index in [4.69, 9.17) is 0 Å². The first-order valence-electron chi connectivity index (χ1n) is 8.87. The van der Waals surface area contributed by atoms with E-state index in [1.807, 2.05) is 0 Å². The molecule has 124 valence electrons. The highest BCUT2D eigenvalue weighted by molar-refractivity contribution is 7.73. The molecule has 0 aromatic heterocycles. The Morgan fingerprint density at radius 1 is 0.652 bits per heavy atom. The fourth-order valence-corrected chi connectivity index (χ4v) is 6.57. The summed E-state index contributed by atoms with van der Waals surface area (Å²) in [7, 11) is -0.267. The van der Waals surface area contributed by atoms with Crippen LogP contribution in [0.25, 0.3) is 0 Å². The van der Waals surface area contributed by atoms with Crippen LogP contribution in [0.2, 0.25) is 0 Å². The Labute approximate surface area is 144 Å². The van der Waals surface area contributed by atoms with Crippen LogP contribution in [-0.2, 0) is 0 Å². The summed E-state index contributed by atoms with van der Waals surface area (Å²) in [4.78, 5) is 0. The molecule has 0 nitrogen and oxygen atoms in total. The summed E-state index contributed by atoms with van der Waals surface area (Å²) in [5.74, 6) is 0.822. The third-order valence-electron chi connectivity index (χ3n) is 4.63. The monoisotopic (exact) mass is 326 g/mol. The van der Waals surface area contributed by atoms with Crippen LogP contribution in [0.15, 0.2) is 36.4 Å². The molecule has 0 fully saturated rings. The average Bonchev–Trinajstić information content (AvgIpc) is 2.46. The van der Waals surface area contributed by atoms with Crippen LogP contribution in [-0.4, -0.2) is 6.16 Å². The van der Waals surface area contributed by atoms with Crippen LogP contribution in [0, 0.1) is 33.6 Å². The standard InChI is InChI=1S/C22H31P/c1-7-20(8-2)15-23(21-11-16(3)9-17(4)12-21)22-13-18(5)10-19(6)14-22/h9-14,20H,7-8,15H2,1-6H3. The molecule has 23 heavy (non-hydrogen) atoms. The van der Waals surface area contributed by atoms with Crippen molar-refractivity contribution in [2.75, 3.05) is 6.16 Å². The van der Waals surface area contributed by atoms with Gasteiger partial charge in [0.25, 0.3) is 0 Å². The van der Waals surface area contributed by atoms with Gasteiger partial charge in [0.2, 0.25) is 0 Å². The molecule has 0 aliphatic carbocycles. The summed E-state index contributed by atoms with van der Waals surface area (Å²) < 4.78 is 0. The van der Waals surface area contributed by atoms with Crippen molar-refractivity contribution in [3.63, 3.8) is 0 Å². The highest BCUT2D eigenvalue weighted by Gasteiger charge is 2.19. The smallest absolute Gasteiger partial charge is 0.0190 e. The SMILES string of the molecule is CCC(CC)CP(c1cc(C)cc(C)c1)c1cc(C)cc(C)c1. The quantitative estimate of drug-likeness (QED) is 0.589. The molecule has 2 aromatic rings. The van der Waals surface area contributed by atoms with Crippen LogP contribution in [0.3, 0.4) is 0 Å². The minimum absolute atomic E-state index is 0.267. The Hall–Kier alpha value is -1.13. The maximum atomic E-state index is 2.42. The molecule has 0 unspecified atom stereocenters. The van der Waals surface area contributed by atoms with E-state index in [2.05, 4.69) is 77.9 Å². The average molecular weight is 326 g/mol. The molecule has 0 spiro atoms. The number of hydrogen-bond acceptors (Lipinski definition) is 0. The number of aryl methyl sites for hydroxylation is 4. The second-order valence-corrected chi connectivity index (χ2v) is 9.24. The summed E-state index contributed by atoms with van der Waals surface area (Å²) in [6, 6.07) is 14.2. The summed E-state index contributed by atoms with van der Waals surface area (Å²) in [6.07, 6.45) is 3.88. The largest absolute Gasteiger partial charge is 0.0651 e. The highest BCUT2D eigenvalue weighted by atomic mass is 31.1. The van der Waals surface area contributed by atoms with Gasteiger partial charge < -0.3 is 0 Å². The van der Waals surface area contributed by atoms with E-state index < -0.39 is 0 Å². The lowest BCUT2D eigenvalue weighted by Gasteiger charge is -2.25. The van der Waals surface area contributed by atoms with Crippen molar-refractivity contribution in [2.24, 2.45) is 5.92 Å². The maximum Gasteiger partial charge on any atom is -0.0190 e. The van der Waals surface area contributed by atoms with E-state index in [9.17, 15) is 0 Å². The minimum Gasteiger partial charge on any atom is -0.0651 e. The van der Waals surface area contributed by atoms with Crippen molar-refractivity contribution in [3.8, 4) is 0 Å². The van der Waals surface area contributed by atoms with Crippen LogP contribution >= 0.6 is 7.92 Å². The van der Waals surface area contributed by atoms with Gasteiger partial charge in [-0.1, -0.05) is 85.3 Å². The Bertz CT molecular complexity index is 561. The molecule has 0 bridgehead atoms. The first kappa shape index (κ1) is 18.2. The lowest BCUT2D eigenvalue weighted by molar-refractivity contribution is 0.552. The van der Waals surface area contributed by atoms with Gasteiger partial charge in [0.15, 0.2) is 0 Å². The normalized spacial score (nSPS) is 11.5.